The normalized spacial score (nSPS) is 17.8. The number of urea groups is 1. The van der Waals surface area contributed by atoms with Gasteiger partial charge in [-0.3, -0.25) is 4.90 Å². The minimum absolute atomic E-state index is 0.0545. The molecule has 1 N–H and O–H groups in total. The van der Waals surface area contributed by atoms with E-state index >= 15 is 0 Å². The highest BCUT2D eigenvalue weighted by atomic mass is 16.2. The Kier molecular flexibility index (Phi) is 4.47. The van der Waals surface area contributed by atoms with Crippen molar-refractivity contribution in [1.82, 2.24) is 14.9 Å². The fourth-order valence-corrected chi connectivity index (χ4v) is 4.42. The molecule has 1 aliphatic heterocycles. The molecule has 132 valence electrons. The number of nitrogens with zero attached hydrogens (tertiary/aromatic N) is 3. The predicted octanol–water partition coefficient (Wildman–Crippen LogP) is 3.70. The summed E-state index contributed by atoms with van der Waals surface area (Å²) in [6.07, 6.45) is 12.6. The zero-order chi connectivity index (χ0) is 17.1. The van der Waals surface area contributed by atoms with Gasteiger partial charge in [0.05, 0.1) is 6.33 Å². The van der Waals surface area contributed by atoms with Gasteiger partial charge in [0, 0.05) is 43.1 Å². The fourth-order valence-electron chi connectivity index (χ4n) is 4.42. The molecule has 1 saturated carbocycles. The lowest BCUT2D eigenvalue weighted by molar-refractivity contribution is 0.245. The molecule has 1 aromatic carbocycles. The van der Waals surface area contributed by atoms with Gasteiger partial charge < -0.3 is 9.88 Å². The number of aryl methyl sites for hydroxylation is 1. The Balaban J connectivity index is 1.33. The molecule has 1 aliphatic carbocycles. The number of aromatic nitrogens is 2. The third-order valence-corrected chi connectivity index (χ3v) is 5.71. The fraction of sp³-hybridized carbons (Fsp3) is 0.500. The van der Waals surface area contributed by atoms with Crippen LogP contribution in [0.3, 0.4) is 0 Å². The van der Waals surface area contributed by atoms with Crippen LogP contribution in [0.5, 0.6) is 0 Å². The summed E-state index contributed by atoms with van der Waals surface area (Å²) in [4.78, 5) is 18.8. The molecular formula is C20H26N4O. The number of anilines is 1. The van der Waals surface area contributed by atoms with E-state index in [1.807, 2.05) is 23.5 Å². The molecular weight excluding hydrogens is 312 g/mol. The number of hydrogen-bond donors (Lipinski definition) is 1. The van der Waals surface area contributed by atoms with Gasteiger partial charge in [0.15, 0.2) is 0 Å². The molecule has 1 spiro atoms. The minimum Gasteiger partial charge on any atom is -0.338 e. The van der Waals surface area contributed by atoms with Crippen molar-refractivity contribution in [3.63, 3.8) is 0 Å². The SMILES string of the molecule is O=C(NCCCCn1ccnc1)N1CC2(CCCC2)c2ccccc21. The Bertz CT molecular complexity index is 719. The van der Waals surface area contributed by atoms with Crippen molar-refractivity contribution in [1.29, 1.82) is 0 Å². The van der Waals surface area contributed by atoms with Gasteiger partial charge in [-0.1, -0.05) is 31.0 Å². The molecule has 1 aromatic heterocycles. The van der Waals surface area contributed by atoms with Crippen molar-refractivity contribution < 1.29 is 4.79 Å². The van der Waals surface area contributed by atoms with Crippen LogP contribution in [0, 0.1) is 0 Å². The summed E-state index contributed by atoms with van der Waals surface area (Å²) in [5.74, 6) is 0. The Labute approximate surface area is 149 Å². The highest BCUT2D eigenvalue weighted by Gasteiger charge is 2.45. The molecule has 5 nitrogen and oxygen atoms in total. The number of nitrogens with one attached hydrogen (secondary N) is 1. The number of benzene rings is 1. The molecule has 0 atom stereocenters. The van der Waals surface area contributed by atoms with Crippen LogP contribution < -0.4 is 10.2 Å². The molecule has 0 unspecified atom stereocenters. The van der Waals surface area contributed by atoms with Gasteiger partial charge in [-0.2, -0.15) is 0 Å². The standard InChI is InChI=1S/C20H26N4O/c25-19(22-11-5-6-13-23-14-12-21-16-23)24-15-20(9-3-4-10-20)17-7-1-2-8-18(17)24/h1-2,7-8,12,14,16H,3-6,9-11,13,15H2,(H,22,25). The van der Waals surface area contributed by atoms with Crippen LogP contribution >= 0.6 is 0 Å². The van der Waals surface area contributed by atoms with E-state index in [1.165, 1.54) is 31.2 Å². The quantitative estimate of drug-likeness (QED) is 0.845. The second-order valence-corrected chi connectivity index (χ2v) is 7.33. The Hall–Kier alpha value is -2.30. The Morgan fingerprint density at radius 3 is 2.84 bits per heavy atom. The van der Waals surface area contributed by atoms with Crippen molar-refractivity contribution >= 4 is 11.7 Å². The lowest BCUT2D eigenvalue weighted by atomic mass is 9.81. The first-order valence-corrected chi connectivity index (χ1v) is 9.39. The molecule has 2 aromatic rings. The van der Waals surface area contributed by atoms with Crippen molar-refractivity contribution in [3.05, 3.63) is 48.5 Å². The molecule has 0 bridgehead atoms. The van der Waals surface area contributed by atoms with E-state index in [9.17, 15) is 4.79 Å². The Morgan fingerprint density at radius 2 is 2.04 bits per heavy atom. The number of carbonyl (C=O) groups is 1. The molecule has 5 heteroatoms. The van der Waals surface area contributed by atoms with Gasteiger partial charge in [0.1, 0.15) is 0 Å². The zero-order valence-electron chi connectivity index (χ0n) is 14.7. The monoisotopic (exact) mass is 338 g/mol. The van der Waals surface area contributed by atoms with Crippen molar-refractivity contribution in [2.45, 2.75) is 50.5 Å². The maximum atomic E-state index is 12.7. The molecule has 2 aliphatic rings. The number of rotatable bonds is 5. The summed E-state index contributed by atoms with van der Waals surface area (Å²) in [6.45, 7) is 2.51. The lowest BCUT2D eigenvalue weighted by Crippen LogP contribution is -2.42. The molecule has 2 amide bonds. The first-order chi connectivity index (χ1) is 12.3. The van der Waals surface area contributed by atoms with E-state index in [1.54, 1.807) is 6.20 Å². The highest BCUT2D eigenvalue weighted by Crippen LogP contribution is 2.50. The van der Waals surface area contributed by atoms with Crippen molar-refractivity contribution in [2.24, 2.45) is 0 Å². The first kappa shape index (κ1) is 16.2. The van der Waals surface area contributed by atoms with Crippen molar-refractivity contribution in [3.8, 4) is 0 Å². The van der Waals surface area contributed by atoms with Crippen LogP contribution in [-0.2, 0) is 12.0 Å². The number of unbranched alkanes of at least 4 members (excludes halogenated alkanes) is 1. The van der Waals surface area contributed by atoms with Gasteiger partial charge in [-0.05, 0) is 37.3 Å². The van der Waals surface area contributed by atoms with E-state index in [0.717, 1.165) is 38.2 Å². The van der Waals surface area contributed by atoms with Crippen LogP contribution in [0.25, 0.3) is 0 Å². The Morgan fingerprint density at radius 1 is 1.20 bits per heavy atom. The van der Waals surface area contributed by atoms with Crippen LogP contribution in [0.2, 0.25) is 0 Å². The average Bonchev–Trinajstić information content (AvgIpc) is 3.37. The zero-order valence-corrected chi connectivity index (χ0v) is 14.7. The summed E-state index contributed by atoms with van der Waals surface area (Å²) < 4.78 is 2.07. The molecule has 0 radical (unpaired) electrons. The van der Waals surface area contributed by atoms with Crippen LogP contribution in [-0.4, -0.2) is 28.7 Å². The number of fused-ring (bicyclic) bond motifs is 2. The second kappa shape index (κ2) is 6.90. The minimum atomic E-state index is 0.0545. The number of carbonyl (C=O) groups excluding carboxylic acids is 1. The summed E-state index contributed by atoms with van der Waals surface area (Å²) >= 11 is 0. The predicted molar refractivity (Wildman–Crippen MR) is 98.8 cm³/mol. The molecule has 0 saturated heterocycles. The van der Waals surface area contributed by atoms with Crippen LogP contribution in [0.1, 0.15) is 44.1 Å². The topological polar surface area (TPSA) is 50.2 Å². The third kappa shape index (κ3) is 3.15. The first-order valence-electron chi connectivity index (χ1n) is 9.39. The summed E-state index contributed by atoms with van der Waals surface area (Å²) in [6, 6.07) is 8.52. The molecule has 2 heterocycles. The van der Waals surface area contributed by atoms with E-state index in [-0.39, 0.29) is 11.4 Å². The maximum absolute atomic E-state index is 12.7. The molecule has 1 fully saturated rings. The van der Waals surface area contributed by atoms with Gasteiger partial charge >= 0.3 is 6.03 Å². The number of amides is 2. The second-order valence-electron chi connectivity index (χ2n) is 7.33. The molecule has 4 rings (SSSR count). The number of para-hydroxylation sites is 1. The van der Waals surface area contributed by atoms with E-state index in [4.69, 9.17) is 0 Å². The van der Waals surface area contributed by atoms with E-state index < -0.39 is 0 Å². The van der Waals surface area contributed by atoms with Gasteiger partial charge in [-0.15, -0.1) is 0 Å². The van der Waals surface area contributed by atoms with Crippen LogP contribution in [0.4, 0.5) is 10.5 Å². The van der Waals surface area contributed by atoms with Gasteiger partial charge in [-0.25, -0.2) is 9.78 Å². The number of hydrogen-bond acceptors (Lipinski definition) is 2. The molecule has 25 heavy (non-hydrogen) atoms. The highest BCUT2D eigenvalue weighted by molar-refractivity contribution is 5.95. The van der Waals surface area contributed by atoms with Gasteiger partial charge in [0.25, 0.3) is 0 Å². The number of imidazole rings is 1. The largest absolute Gasteiger partial charge is 0.338 e. The van der Waals surface area contributed by atoms with Crippen molar-refractivity contribution in [2.75, 3.05) is 18.0 Å². The third-order valence-electron chi connectivity index (χ3n) is 5.71. The van der Waals surface area contributed by atoms with Gasteiger partial charge in [0.2, 0.25) is 0 Å². The van der Waals surface area contributed by atoms with E-state index in [2.05, 4.69) is 33.1 Å². The summed E-state index contributed by atoms with van der Waals surface area (Å²) in [5, 5.41) is 3.11. The smallest absolute Gasteiger partial charge is 0.321 e. The lowest BCUT2D eigenvalue weighted by Gasteiger charge is -2.24. The van der Waals surface area contributed by atoms with Crippen LogP contribution in [0.15, 0.2) is 43.0 Å². The maximum Gasteiger partial charge on any atom is 0.321 e. The average molecular weight is 338 g/mol. The van der Waals surface area contributed by atoms with E-state index in [0.29, 0.717) is 0 Å². The summed E-state index contributed by atoms with van der Waals surface area (Å²) in [7, 11) is 0. The summed E-state index contributed by atoms with van der Waals surface area (Å²) in [5.41, 5.74) is 2.69.